The molecule has 0 saturated heterocycles. The van der Waals surface area contributed by atoms with Gasteiger partial charge in [-0.15, -0.1) is 0 Å². The quantitative estimate of drug-likeness (QED) is 0.836. The largest absolute Gasteiger partial charge is 0.325 e. The zero-order valence-corrected chi connectivity index (χ0v) is 8.90. The first-order valence-corrected chi connectivity index (χ1v) is 5.51. The molecular formula is C10H12FNOS. The van der Waals surface area contributed by atoms with Crippen molar-refractivity contribution >= 4 is 23.4 Å². The Balaban J connectivity index is 2.60. The van der Waals surface area contributed by atoms with Gasteiger partial charge in [-0.2, -0.15) is 11.8 Å². The normalized spacial score (nSPS) is 12.2. The van der Waals surface area contributed by atoms with Gasteiger partial charge in [-0.25, -0.2) is 4.39 Å². The summed E-state index contributed by atoms with van der Waals surface area (Å²) in [6.07, 6.45) is 1.87. The number of anilines is 1. The molecule has 1 unspecified atom stereocenters. The highest BCUT2D eigenvalue weighted by Gasteiger charge is 2.10. The Morgan fingerprint density at radius 3 is 2.50 bits per heavy atom. The van der Waals surface area contributed by atoms with E-state index in [2.05, 4.69) is 5.32 Å². The molecule has 1 atom stereocenters. The third-order valence-electron chi connectivity index (χ3n) is 1.83. The molecular weight excluding hydrogens is 201 g/mol. The summed E-state index contributed by atoms with van der Waals surface area (Å²) in [4.78, 5) is 11.4. The minimum atomic E-state index is -0.305. The lowest BCUT2D eigenvalue weighted by Gasteiger charge is -2.09. The minimum absolute atomic E-state index is 0.0656. The fourth-order valence-corrected chi connectivity index (χ4v) is 1.16. The predicted molar refractivity (Wildman–Crippen MR) is 58.0 cm³/mol. The maximum Gasteiger partial charge on any atom is 0.237 e. The van der Waals surface area contributed by atoms with Gasteiger partial charge in [0.1, 0.15) is 5.82 Å². The van der Waals surface area contributed by atoms with E-state index in [1.807, 2.05) is 13.2 Å². The number of amides is 1. The van der Waals surface area contributed by atoms with Crippen LogP contribution < -0.4 is 5.32 Å². The summed E-state index contributed by atoms with van der Waals surface area (Å²) in [7, 11) is 0. The van der Waals surface area contributed by atoms with Gasteiger partial charge in [-0.1, -0.05) is 0 Å². The maximum atomic E-state index is 12.5. The molecule has 0 radical (unpaired) electrons. The SMILES string of the molecule is CSC(C)C(=O)Nc1ccc(F)cc1. The van der Waals surface area contributed by atoms with Gasteiger partial charge in [0, 0.05) is 5.69 Å². The second-order valence-electron chi connectivity index (χ2n) is 2.87. The Morgan fingerprint density at radius 1 is 1.43 bits per heavy atom. The van der Waals surface area contributed by atoms with Crippen LogP contribution in [0.25, 0.3) is 0 Å². The second kappa shape index (κ2) is 5.00. The van der Waals surface area contributed by atoms with Gasteiger partial charge in [-0.05, 0) is 37.4 Å². The van der Waals surface area contributed by atoms with E-state index in [4.69, 9.17) is 0 Å². The van der Waals surface area contributed by atoms with Crippen LogP contribution in [-0.4, -0.2) is 17.4 Å². The van der Waals surface area contributed by atoms with Crippen LogP contribution in [0.2, 0.25) is 0 Å². The van der Waals surface area contributed by atoms with Crippen molar-refractivity contribution in [2.24, 2.45) is 0 Å². The van der Waals surface area contributed by atoms with Crippen molar-refractivity contribution in [1.29, 1.82) is 0 Å². The van der Waals surface area contributed by atoms with Crippen LogP contribution in [-0.2, 0) is 4.79 Å². The van der Waals surface area contributed by atoms with Crippen LogP contribution >= 0.6 is 11.8 Å². The number of carbonyl (C=O) groups excluding carboxylic acids is 1. The molecule has 0 aliphatic rings. The Labute approximate surface area is 86.9 Å². The van der Waals surface area contributed by atoms with Gasteiger partial charge in [0.05, 0.1) is 5.25 Å². The van der Waals surface area contributed by atoms with E-state index >= 15 is 0 Å². The standard InChI is InChI=1S/C10H12FNOS/c1-7(14-2)10(13)12-9-5-3-8(11)4-6-9/h3-7H,1-2H3,(H,12,13). The monoisotopic (exact) mass is 213 g/mol. The Bertz CT molecular complexity index is 312. The highest BCUT2D eigenvalue weighted by Crippen LogP contribution is 2.11. The van der Waals surface area contributed by atoms with Crippen molar-refractivity contribution in [2.45, 2.75) is 12.2 Å². The Kier molecular flexibility index (Phi) is 3.95. The van der Waals surface area contributed by atoms with Crippen molar-refractivity contribution in [3.05, 3.63) is 30.1 Å². The average molecular weight is 213 g/mol. The molecule has 1 N–H and O–H groups in total. The minimum Gasteiger partial charge on any atom is -0.325 e. The third-order valence-corrected chi connectivity index (χ3v) is 2.76. The molecule has 14 heavy (non-hydrogen) atoms. The van der Waals surface area contributed by atoms with Crippen LogP contribution in [0, 0.1) is 5.82 Å². The number of nitrogens with one attached hydrogen (secondary N) is 1. The van der Waals surface area contributed by atoms with Gasteiger partial charge in [0.25, 0.3) is 0 Å². The van der Waals surface area contributed by atoms with E-state index in [0.717, 1.165) is 0 Å². The molecule has 0 fully saturated rings. The number of hydrogen-bond donors (Lipinski definition) is 1. The smallest absolute Gasteiger partial charge is 0.237 e. The van der Waals surface area contributed by atoms with Crippen molar-refractivity contribution < 1.29 is 9.18 Å². The fourth-order valence-electron chi connectivity index (χ4n) is 0.884. The molecule has 0 bridgehead atoms. The molecule has 76 valence electrons. The van der Waals surface area contributed by atoms with E-state index in [9.17, 15) is 9.18 Å². The van der Waals surface area contributed by atoms with Gasteiger partial charge < -0.3 is 5.32 Å². The molecule has 0 aliphatic carbocycles. The van der Waals surface area contributed by atoms with E-state index in [-0.39, 0.29) is 17.0 Å². The average Bonchev–Trinajstić information content (AvgIpc) is 2.20. The van der Waals surface area contributed by atoms with Crippen LogP contribution in [0.3, 0.4) is 0 Å². The van der Waals surface area contributed by atoms with E-state index in [1.54, 1.807) is 12.1 Å². The molecule has 0 spiro atoms. The van der Waals surface area contributed by atoms with E-state index in [1.165, 1.54) is 23.9 Å². The van der Waals surface area contributed by atoms with Crippen molar-refractivity contribution in [1.82, 2.24) is 0 Å². The highest BCUT2D eigenvalue weighted by molar-refractivity contribution is 7.99. The molecule has 4 heteroatoms. The summed E-state index contributed by atoms with van der Waals surface area (Å²) >= 11 is 1.47. The Hall–Kier alpha value is -1.03. The van der Waals surface area contributed by atoms with Gasteiger partial charge >= 0.3 is 0 Å². The van der Waals surface area contributed by atoms with Crippen LogP contribution in [0.4, 0.5) is 10.1 Å². The van der Waals surface area contributed by atoms with Crippen molar-refractivity contribution in [2.75, 3.05) is 11.6 Å². The van der Waals surface area contributed by atoms with Crippen LogP contribution in [0.5, 0.6) is 0 Å². The van der Waals surface area contributed by atoms with Crippen molar-refractivity contribution in [3.8, 4) is 0 Å². The lowest BCUT2D eigenvalue weighted by atomic mass is 10.3. The zero-order valence-electron chi connectivity index (χ0n) is 8.08. The highest BCUT2D eigenvalue weighted by atomic mass is 32.2. The number of rotatable bonds is 3. The summed E-state index contributed by atoms with van der Waals surface area (Å²) in [5.41, 5.74) is 0.623. The third kappa shape index (κ3) is 3.03. The lowest BCUT2D eigenvalue weighted by molar-refractivity contribution is -0.115. The summed E-state index contributed by atoms with van der Waals surface area (Å²) in [5, 5.41) is 2.60. The van der Waals surface area contributed by atoms with Gasteiger partial charge in [-0.3, -0.25) is 4.79 Å². The van der Waals surface area contributed by atoms with Gasteiger partial charge in [0.15, 0.2) is 0 Å². The number of carbonyl (C=O) groups is 1. The number of thioether (sulfide) groups is 1. The topological polar surface area (TPSA) is 29.1 Å². The first kappa shape index (κ1) is 11.0. The predicted octanol–water partition coefficient (Wildman–Crippen LogP) is 2.52. The summed E-state index contributed by atoms with van der Waals surface area (Å²) in [5.74, 6) is -0.370. The number of hydrogen-bond acceptors (Lipinski definition) is 2. The molecule has 1 amide bonds. The lowest BCUT2D eigenvalue weighted by Crippen LogP contribution is -2.21. The Morgan fingerprint density at radius 2 is 2.00 bits per heavy atom. The molecule has 0 aromatic heterocycles. The van der Waals surface area contributed by atoms with E-state index < -0.39 is 0 Å². The number of benzene rings is 1. The van der Waals surface area contributed by atoms with Crippen LogP contribution in [0.1, 0.15) is 6.92 Å². The second-order valence-corrected chi connectivity index (χ2v) is 4.05. The molecule has 1 aromatic carbocycles. The number of halogens is 1. The molecule has 0 aliphatic heterocycles. The molecule has 0 saturated carbocycles. The van der Waals surface area contributed by atoms with Gasteiger partial charge in [0.2, 0.25) is 5.91 Å². The molecule has 2 nitrogen and oxygen atoms in total. The summed E-state index contributed by atoms with van der Waals surface area (Å²) < 4.78 is 12.5. The summed E-state index contributed by atoms with van der Waals surface area (Å²) in [6, 6.07) is 5.72. The summed E-state index contributed by atoms with van der Waals surface area (Å²) in [6.45, 7) is 1.82. The van der Waals surface area contributed by atoms with E-state index in [0.29, 0.717) is 5.69 Å². The molecule has 0 heterocycles. The molecule has 1 aromatic rings. The first-order valence-electron chi connectivity index (χ1n) is 4.22. The van der Waals surface area contributed by atoms with Crippen LogP contribution in [0.15, 0.2) is 24.3 Å². The van der Waals surface area contributed by atoms with Crippen molar-refractivity contribution in [3.63, 3.8) is 0 Å². The maximum absolute atomic E-state index is 12.5. The zero-order chi connectivity index (χ0) is 10.6. The first-order chi connectivity index (χ1) is 6.63. The molecule has 1 rings (SSSR count). The fraction of sp³-hybridized carbons (Fsp3) is 0.300.